The van der Waals surface area contributed by atoms with Crippen LogP contribution in [0.3, 0.4) is 0 Å². The fourth-order valence-corrected chi connectivity index (χ4v) is 3.04. The predicted octanol–water partition coefficient (Wildman–Crippen LogP) is 5.04. The van der Waals surface area contributed by atoms with Crippen LogP contribution in [-0.2, 0) is 0 Å². The summed E-state index contributed by atoms with van der Waals surface area (Å²) in [5, 5.41) is 0. The Morgan fingerprint density at radius 3 is 2.30 bits per heavy atom. The summed E-state index contributed by atoms with van der Waals surface area (Å²) in [6.07, 6.45) is 4.76. The minimum Gasteiger partial charge on any atom is -0.421 e. The number of carbonyl (C=O) groups excluding carboxylic acids is 2. The maximum Gasteiger partial charge on any atom is 0.362 e. The molecule has 0 spiro atoms. The van der Waals surface area contributed by atoms with E-state index in [4.69, 9.17) is 4.74 Å². The molecule has 0 unspecified atom stereocenters. The molecule has 0 fully saturated rings. The van der Waals surface area contributed by atoms with Crippen LogP contribution < -0.4 is 9.64 Å². The lowest BCUT2D eigenvalue weighted by molar-refractivity contribution is 0.0727. The largest absolute Gasteiger partial charge is 0.421 e. The van der Waals surface area contributed by atoms with Crippen LogP contribution in [0.2, 0.25) is 0 Å². The summed E-state index contributed by atoms with van der Waals surface area (Å²) in [6, 6.07) is 19.7. The van der Waals surface area contributed by atoms with Gasteiger partial charge in [0, 0.05) is 25.0 Å². The van der Waals surface area contributed by atoms with E-state index in [0.29, 0.717) is 5.56 Å². The first-order valence-corrected chi connectivity index (χ1v) is 9.92. The van der Waals surface area contributed by atoms with Gasteiger partial charge in [-0.25, -0.2) is 9.78 Å². The van der Waals surface area contributed by atoms with Gasteiger partial charge in [0.05, 0.1) is 5.56 Å². The Morgan fingerprint density at radius 1 is 0.933 bits per heavy atom. The van der Waals surface area contributed by atoms with Gasteiger partial charge in [-0.05, 0) is 61.9 Å². The van der Waals surface area contributed by atoms with Gasteiger partial charge in [-0.15, -0.1) is 0 Å². The van der Waals surface area contributed by atoms with Gasteiger partial charge >= 0.3 is 5.97 Å². The van der Waals surface area contributed by atoms with E-state index < -0.39 is 5.97 Å². The number of allylic oxidation sites excluding steroid dienone is 1. The molecular formula is C25H24N2O3. The predicted molar refractivity (Wildman–Crippen MR) is 119 cm³/mol. The van der Waals surface area contributed by atoms with E-state index in [-0.39, 0.29) is 17.2 Å². The summed E-state index contributed by atoms with van der Waals surface area (Å²) in [5.74, 6) is -0.640. The molecule has 152 valence electrons. The van der Waals surface area contributed by atoms with E-state index in [1.807, 2.05) is 24.3 Å². The number of carbonyl (C=O) groups is 2. The maximum absolute atomic E-state index is 12.7. The molecular weight excluding hydrogens is 376 g/mol. The molecule has 3 aromatic rings. The molecule has 0 aliphatic carbocycles. The highest BCUT2D eigenvalue weighted by Crippen LogP contribution is 2.21. The zero-order chi connectivity index (χ0) is 21.3. The highest BCUT2D eigenvalue weighted by atomic mass is 16.5. The molecule has 1 aromatic heterocycles. The molecule has 1 heterocycles. The number of nitrogens with zero attached hydrogens (tertiary/aromatic N) is 2. The van der Waals surface area contributed by atoms with E-state index in [9.17, 15) is 9.59 Å². The standard InChI is InChI=1S/C25H24N2O3/c1-3-27(4-2)20-15-12-19(13-16-20)14-17-23(28)21-9-5-6-11-24(21)30-25(29)22-10-7-8-18-26-22/h5-18H,3-4H2,1-2H3/b17-14+. The Bertz CT molecular complexity index is 1020. The highest BCUT2D eigenvalue weighted by Gasteiger charge is 2.15. The van der Waals surface area contributed by atoms with Crippen molar-refractivity contribution in [3.63, 3.8) is 0 Å². The van der Waals surface area contributed by atoms with Crippen LogP contribution in [0.25, 0.3) is 6.08 Å². The number of aromatic nitrogens is 1. The van der Waals surface area contributed by atoms with Crippen LogP contribution in [0.4, 0.5) is 5.69 Å². The molecule has 3 rings (SSSR count). The summed E-state index contributed by atoms with van der Waals surface area (Å²) in [5.41, 5.74) is 2.57. The van der Waals surface area contributed by atoms with Crippen LogP contribution in [0.15, 0.2) is 79.0 Å². The summed E-state index contributed by atoms with van der Waals surface area (Å²) in [4.78, 5) is 31.2. The minimum atomic E-state index is -0.605. The van der Waals surface area contributed by atoms with Crippen molar-refractivity contribution in [3.05, 3.63) is 95.8 Å². The summed E-state index contributed by atoms with van der Waals surface area (Å²) in [6.45, 7) is 6.12. The molecule has 0 saturated carbocycles. The fourth-order valence-electron chi connectivity index (χ4n) is 3.04. The number of esters is 1. The SMILES string of the molecule is CCN(CC)c1ccc(/C=C/C(=O)c2ccccc2OC(=O)c2ccccn2)cc1. The number of benzene rings is 2. The average Bonchev–Trinajstić information content (AvgIpc) is 2.80. The molecule has 30 heavy (non-hydrogen) atoms. The quantitative estimate of drug-likeness (QED) is 0.229. The van der Waals surface area contributed by atoms with Crippen molar-refractivity contribution in [2.24, 2.45) is 0 Å². The van der Waals surface area contributed by atoms with E-state index in [1.54, 1.807) is 48.5 Å². The van der Waals surface area contributed by atoms with Gasteiger partial charge in [0.2, 0.25) is 0 Å². The topological polar surface area (TPSA) is 59.5 Å². The lowest BCUT2D eigenvalue weighted by Gasteiger charge is -2.20. The molecule has 0 radical (unpaired) electrons. The molecule has 0 aliphatic rings. The minimum absolute atomic E-state index is 0.184. The number of anilines is 1. The van der Waals surface area contributed by atoms with Gasteiger partial charge < -0.3 is 9.64 Å². The van der Waals surface area contributed by atoms with Crippen LogP contribution >= 0.6 is 0 Å². The molecule has 5 nitrogen and oxygen atoms in total. The van der Waals surface area contributed by atoms with E-state index in [0.717, 1.165) is 24.3 Å². The molecule has 0 saturated heterocycles. The molecule has 0 amide bonds. The lowest BCUT2D eigenvalue weighted by Crippen LogP contribution is -2.21. The van der Waals surface area contributed by atoms with Crippen LogP contribution in [-0.4, -0.2) is 29.8 Å². The number of ether oxygens (including phenoxy) is 1. The Kier molecular flexibility index (Phi) is 7.11. The maximum atomic E-state index is 12.7. The normalized spacial score (nSPS) is 10.7. The van der Waals surface area contributed by atoms with Gasteiger partial charge in [-0.1, -0.05) is 36.4 Å². The van der Waals surface area contributed by atoms with Gasteiger partial charge in [0.1, 0.15) is 11.4 Å². The van der Waals surface area contributed by atoms with Crippen molar-refractivity contribution in [3.8, 4) is 5.75 Å². The lowest BCUT2D eigenvalue weighted by atomic mass is 10.1. The van der Waals surface area contributed by atoms with Gasteiger partial charge in [-0.3, -0.25) is 4.79 Å². The number of hydrogen-bond donors (Lipinski definition) is 0. The summed E-state index contributed by atoms with van der Waals surface area (Å²) >= 11 is 0. The third kappa shape index (κ3) is 5.20. The second-order valence-corrected chi connectivity index (χ2v) is 6.56. The van der Waals surface area contributed by atoms with E-state index in [1.165, 1.54) is 12.3 Å². The van der Waals surface area contributed by atoms with Gasteiger partial charge in [0.25, 0.3) is 0 Å². The molecule has 0 N–H and O–H groups in total. The first-order chi connectivity index (χ1) is 14.6. The van der Waals surface area contributed by atoms with Crippen LogP contribution in [0, 0.1) is 0 Å². The first kappa shape index (κ1) is 21.0. The van der Waals surface area contributed by atoms with Crippen molar-refractivity contribution < 1.29 is 14.3 Å². The van der Waals surface area contributed by atoms with Crippen LogP contribution in [0.1, 0.15) is 40.3 Å². The number of para-hydroxylation sites is 1. The van der Waals surface area contributed by atoms with Crippen molar-refractivity contribution >= 4 is 23.5 Å². The first-order valence-electron chi connectivity index (χ1n) is 9.92. The van der Waals surface area contributed by atoms with Crippen LogP contribution in [0.5, 0.6) is 5.75 Å². The average molecular weight is 400 g/mol. The van der Waals surface area contributed by atoms with Crippen molar-refractivity contribution in [2.45, 2.75) is 13.8 Å². The zero-order valence-corrected chi connectivity index (χ0v) is 17.1. The summed E-state index contributed by atoms with van der Waals surface area (Å²) < 4.78 is 5.41. The molecule has 2 aromatic carbocycles. The molecule has 0 aliphatic heterocycles. The Morgan fingerprint density at radius 2 is 1.63 bits per heavy atom. The van der Waals surface area contributed by atoms with E-state index in [2.05, 4.69) is 23.7 Å². The van der Waals surface area contributed by atoms with Crippen molar-refractivity contribution in [2.75, 3.05) is 18.0 Å². The van der Waals surface area contributed by atoms with E-state index >= 15 is 0 Å². The number of hydrogen-bond acceptors (Lipinski definition) is 5. The smallest absolute Gasteiger partial charge is 0.362 e. The summed E-state index contributed by atoms with van der Waals surface area (Å²) in [7, 11) is 0. The number of pyridine rings is 1. The van der Waals surface area contributed by atoms with Gasteiger partial charge in [-0.2, -0.15) is 0 Å². The van der Waals surface area contributed by atoms with Crippen molar-refractivity contribution in [1.29, 1.82) is 0 Å². The zero-order valence-electron chi connectivity index (χ0n) is 17.1. The van der Waals surface area contributed by atoms with Gasteiger partial charge in [0.15, 0.2) is 5.78 Å². The third-order valence-electron chi connectivity index (χ3n) is 4.68. The molecule has 0 bridgehead atoms. The monoisotopic (exact) mass is 400 g/mol. The second kappa shape index (κ2) is 10.2. The third-order valence-corrected chi connectivity index (χ3v) is 4.68. The Labute approximate surface area is 176 Å². The number of rotatable bonds is 8. The molecule has 5 heteroatoms. The second-order valence-electron chi connectivity index (χ2n) is 6.56. The molecule has 0 atom stereocenters. The highest BCUT2D eigenvalue weighted by molar-refractivity contribution is 6.09. The van der Waals surface area contributed by atoms with Crippen molar-refractivity contribution in [1.82, 2.24) is 4.98 Å². The fraction of sp³-hybridized carbons (Fsp3) is 0.160. The Balaban J connectivity index is 1.73. The Hall–Kier alpha value is -3.73. The number of ketones is 1.